The highest BCUT2D eigenvalue weighted by molar-refractivity contribution is 7.89. The van der Waals surface area contributed by atoms with Crippen LogP contribution in [0.3, 0.4) is 0 Å². The Hall–Kier alpha value is -2.65. The van der Waals surface area contributed by atoms with E-state index in [2.05, 4.69) is 4.72 Å². The van der Waals surface area contributed by atoms with Gasteiger partial charge in [-0.25, -0.2) is 8.42 Å². The van der Waals surface area contributed by atoms with E-state index in [0.29, 0.717) is 10.8 Å². The quantitative estimate of drug-likeness (QED) is 0.624. The van der Waals surface area contributed by atoms with E-state index in [9.17, 15) is 23.1 Å². The Bertz CT molecular complexity index is 939. The average molecular weight is 390 g/mol. The van der Waals surface area contributed by atoms with Crippen molar-refractivity contribution in [3.63, 3.8) is 0 Å². The summed E-state index contributed by atoms with van der Waals surface area (Å²) in [4.78, 5) is 23.8. The molecular formula is C17H20N2O6S. The van der Waals surface area contributed by atoms with Crippen molar-refractivity contribution in [3.05, 3.63) is 36.4 Å². The van der Waals surface area contributed by atoms with Gasteiger partial charge >= 0.3 is 11.9 Å². The SMILES string of the molecule is CN(C)c1cccc2c(S(=O)(=O)N[14C@@H]([14CH2][14CH2][14C](=O)O)[14C](=O)O)cccc12. The van der Waals surface area contributed by atoms with Crippen molar-refractivity contribution in [2.45, 2.75) is 23.8 Å². The van der Waals surface area contributed by atoms with Crippen molar-refractivity contribution in [3.8, 4) is 0 Å². The standard InChI is InChI=1S/C17H20N2O6S/c1-19(2)14-7-3-6-12-11(14)5-4-8-15(12)26(24,25)18-13(17(22)23)9-10-16(20)21/h3-8,13,18H,9-10H2,1-2H3,(H,20,21)(H,22,23)/t13-/m0/s1/i9+2,10+2,13+2,16+2,17+2. The highest BCUT2D eigenvalue weighted by Gasteiger charge is 2.27. The fourth-order valence-electron chi connectivity index (χ4n) is 2.64. The summed E-state index contributed by atoms with van der Waals surface area (Å²) in [5.41, 5.74) is 0.820. The molecule has 0 unspecified atom stereocenters. The Morgan fingerprint density at radius 3 is 2.27 bits per heavy atom. The number of sulfonamides is 1. The zero-order valence-corrected chi connectivity index (χ0v) is 15.2. The molecule has 1 atom stereocenters. The predicted octanol–water partition coefficient (Wildman–Crippen LogP) is 1.50. The second-order valence-electron chi connectivity index (χ2n) is 5.97. The Kier molecular flexibility index (Phi) is 5.83. The van der Waals surface area contributed by atoms with Crippen LogP contribution in [-0.4, -0.2) is 50.7 Å². The molecule has 26 heavy (non-hydrogen) atoms. The number of hydrogen-bond donors (Lipinski definition) is 3. The highest BCUT2D eigenvalue weighted by Crippen LogP contribution is 2.30. The van der Waals surface area contributed by atoms with Gasteiger partial charge in [0.25, 0.3) is 0 Å². The summed E-state index contributed by atoms with van der Waals surface area (Å²) in [6, 6.07) is 8.43. The molecule has 0 aromatic heterocycles. The Morgan fingerprint density at radius 1 is 1.08 bits per heavy atom. The van der Waals surface area contributed by atoms with Crippen molar-refractivity contribution >= 4 is 38.4 Å². The van der Waals surface area contributed by atoms with Gasteiger partial charge in [-0.15, -0.1) is 0 Å². The maximum Gasteiger partial charge on any atom is 0.321 e. The second kappa shape index (κ2) is 7.71. The number of carboxylic acid groups (broad SMARTS) is 2. The summed E-state index contributed by atoms with van der Waals surface area (Å²) in [6.07, 6.45) is -0.808. The highest BCUT2D eigenvalue weighted by atomic mass is 32.2. The summed E-state index contributed by atoms with van der Waals surface area (Å²) < 4.78 is 27.6. The molecule has 2 aromatic carbocycles. The minimum atomic E-state index is -4.16. The zero-order chi connectivity index (χ0) is 19.5. The summed E-state index contributed by atoms with van der Waals surface area (Å²) >= 11 is 0. The summed E-state index contributed by atoms with van der Waals surface area (Å²) in [5, 5.41) is 19.1. The van der Waals surface area contributed by atoms with Crippen LogP contribution in [0.15, 0.2) is 41.3 Å². The first kappa shape index (κ1) is 19.7. The third-order valence-electron chi connectivity index (χ3n) is 3.87. The van der Waals surface area contributed by atoms with Crippen LogP contribution in [0.1, 0.15) is 12.8 Å². The van der Waals surface area contributed by atoms with Gasteiger partial charge in [-0.05, 0) is 18.6 Å². The normalized spacial score (nSPS) is 12.7. The number of hydrogen-bond acceptors (Lipinski definition) is 5. The van der Waals surface area contributed by atoms with Crippen molar-refractivity contribution in [1.29, 1.82) is 0 Å². The minimum Gasteiger partial charge on any atom is -0.481 e. The molecule has 0 heterocycles. The number of nitrogens with zero attached hydrogens (tertiary/aromatic N) is 1. The zero-order valence-electron chi connectivity index (χ0n) is 14.3. The number of nitrogens with one attached hydrogen (secondary N) is 1. The molecule has 0 spiro atoms. The van der Waals surface area contributed by atoms with E-state index in [4.69, 9.17) is 5.11 Å². The molecule has 8 nitrogen and oxygen atoms in total. The topological polar surface area (TPSA) is 124 Å². The van der Waals surface area contributed by atoms with E-state index in [-0.39, 0.29) is 11.3 Å². The molecular weight excluding hydrogens is 370 g/mol. The van der Waals surface area contributed by atoms with Gasteiger partial charge in [0.15, 0.2) is 0 Å². The number of rotatable bonds is 8. The van der Waals surface area contributed by atoms with Crippen LogP contribution >= 0.6 is 0 Å². The molecule has 3 N–H and O–H groups in total. The molecule has 0 radical (unpaired) electrons. The van der Waals surface area contributed by atoms with E-state index in [0.717, 1.165) is 5.69 Å². The first-order valence-corrected chi connectivity index (χ1v) is 9.28. The monoisotopic (exact) mass is 390 g/mol. The molecule has 0 saturated heterocycles. The Labute approximate surface area is 151 Å². The van der Waals surface area contributed by atoms with Gasteiger partial charge in [0, 0.05) is 37.0 Å². The number of anilines is 1. The molecule has 0 aliphatic carbocycles. The van der Waals surface area contributed by atoms with Crippen LogP contribution in [-0.2, 0) is 19.6 Å². The Morgan fingerprint density at radius 2 is 1.69 bits per heavy atom. The van der Waals surface area contributed by atoms with Crippen LogP contribution in [0.25, 0.3) is 10.8 Å². The molecule has 2 rings (SSSR count). The lowest BCUT2D eigenvalue weighted by Crippen LogP contribution is -2.41. The summed E-state index contributed by atoms with van der Waals surface area (Å²) in [5.74, 6) is -2.62. The maximum absolute atomic E-state index is 12.8. The van der Waals surface area contributed by atoms with Gasteiger partial charge in [-0.3, -0.25) is 9.59 Å². The van der Waals surface area contributed by atoms with Crippen LogP contribution in [0.4, 0.5) is 5.69 Å². The lowest BCUT2D eigenvalue weighted by Gasteiger charge is -2.18. The average Bonchev–Trinajstić information content (AvgIpc) is 2.56. The van der Waals surface area contributed by atoms with Crippen molar-refractivity contribution in [2.75, 3.05) is 19.0 Å². The van der Waals surface area contributed by atoms with Crippen molar-refractivity contribution in [2.24, 2.45) is 0 Å². The lowest BCUT2D eigenvalue weighted by atomic mass is 10.1. The number of aliphatic carboxylic acids is 2. The van der Waals surface area contributed by atoms with Crippen LogP contribution in [0.5, 0.6) is 0 Å². The number of carboxylic acids is 2. The van der Waals surface area contributed by atoms with E-state index in [1.807, 2.05) is 25.1 Å². The Balaban J connectivity index is 2.47. The van der Waals surface area contributed by atoms with Gasteiger partial charge in [0.05, 0.1) is 4.90 Å². The molecule has 2 aromatic rings. The smallest absolute Gasteiger partial charge is 0.321 e. The predicted molar refractivity (Wildman–Crippen MR) is 96.9 cm³/mol. The third kappa shape index (κ3) is 4.30. The largest absolute Gasteiger partial charge is 0.481 e. The fourth-order valence-corrected chi connectivity index (χ4v) is 4.09. The van der Waals surface area contributed by atoms with Gasteiger partial charge in [-0.2, -0.15) is 4.72 Å². The molecule has 140 valence electrons. The first-order valence-electron chi connectivity index (χ1n) is 7.79. The van der Waals surface area contributed by atoms with Crippen LogP contribution in [0.2, 0.25) is 0 Å². The van der Waals surface area contributed by atoms with Crippen molar-refractivity contribution < 1.29 is 28.2 Å². The first-order chi connectivity index (χ1) is 12.1. The maximum atomic E-state index is 12.8. The summed E-state index contributed by atoms with van der Waals surface area (Å²) in [6.45, 7) is 0. The van der Waals surface area contributed by atoms with Crippen LogP contribution in [0, 0.1) is 0 Å². The molecule has 0 aliphatic heterocycles. The van der Waals surface area contributed by atoms with Crippen molar-refractivity contribution in [1.82, 2.24) is 4.72 Å². The lowest BCUT2D eigenvalue weighted by molar-refractivity contribution is -0.140. The molecule has 0 bridgehead atoms. The van der Waals surface area contributed by atoms with E-state index < -0.39 is 34.4 Å². The number of carbonyl (C=O) groups is 2. The van der Waals surface area contributed by atoms with Gasteiger partial charge in [0.2, 0.25) is 10.0 Å². The minimum absolute atomic E-state index is 0.0553. The second-order valence-corrected chi connectivity index (χ2v) is 7.65. The molecule has 0 aliphatic rings. The molecule has 0 amide bonds. The summed E-state index contributed by atoms with van der Waals surface area (Å²) in [7, 11) is -0.496. The number of benzene rings is 2. The third-order valence-corrected chi connectivity index (χ3v) is 5.40. The molecule has 9 heteroatoms. The molecule has 0 saturated carbocycles. The van der Waals surface area contributed by atoms with Gasteiger partial charge < -0.3 is 15.1 Å². The number of fused-ring (bicyclic) bond motifs is 1. The van der Waals surface area contributed by atoms with Gasteiger partial charge in [-0.1, -0.05) is 24.3 Å². The van der Waals surface area contributed by atoms with E-state index in [1.54, 1.807) is 24.3 Å². The van der Waals surface area contributed by atoms with Gasteiger partial charge in [0.1, 0.15) is 6.04 Å². The van der Waals surface area contributed by atoms with Crippen LogP contribution < -0.4 is 9.62 Å². The van der Waals surface area contributed by atoms with E-state index >= 15 is 0 Å². The fraction of sp³-hybridized carbons (Fsp3) is 0.294. The molecule has 0 fully saturated rings. The van der Waals surface area contributed by atoms with E-state index in [1.165, 1.54) is 6.07 Å².